The van der Waals surface area contributed by atoms with Crippen LogP contribution >= 0.6 is 0 Å². The van der Waals surface area contributed by atoms with Crippen molar-refractivity contribution in [3.8, 4) is 12.3 Å². The Balaban J connectivity index is 0.000000481. The first-order chi connectivity index (χ1) is 12.6. The van der Waals surface area contributed by atoms with Gasteiger partial charge in [-0.05, 0) is 68.4 Å². The van der Waals surface area contributed by atoms with Crippen LogP contribution in [0.4, 0.5) is 0 Å². The molecule has 0 radical (unpaired) electrons. The van der Waals surface area contributed by atoms with E-state index in [9.17, 15) is 9.90 Å². The molecule has 4 rings (SSSR count). The molecule has 0 aromatic carbocycles. The van der Waals surface area contributed by atoms with Crippen LogP contribution in [0.25, 0.3) is 0 Å². The molecule has 0 aliphatic heterocycles. The van der Waals surface area contributed by atoms with E-state index in [-0.39, 0.29) is 16.6 Å². The quantitative estimate of drug-likeness (QED) is 0.385. The minimum absolute atomic E-state index is 0.0228. The molecule has 146 valence electrons. The summed E-state index contributed by atoms with van der Waals surface area (Å²) in [5.41, 5.74) is 0.266. The minimum Gasteiger partial charge on any atom is -0.377 e. The van der Waals surface area contributed by atoms with Gasteiger partial charge in [-0.15, -0.1) is 16.5 Å². The molecular weight excluding hydrogens is 346 g/mol. The van der Waals surface area contributed by atoms with E-state index in [0.29, 0.717) is 17.8 Å². The maximum Gasteiger partial charge on any atom is 0.291 e. The van der Waals surface area contributed by atoms with Crippen molar-refractivity contribution in [2.24, 2.45) is 28.6 Å². The molecule has 3 saturated carbocycles. The fourth-order valence-corrected chi connectivity index (χ4v) is 6.45. The molecule has 6 nitrogen and oxygen atoms in total. The number of hydrogen-bond acceptors (Lipinski definition) is 4. The molecule has 4 aliphatic rings. The molecule has 0 heterocycles. The lowest BCUT2D eigenvalue weighted by Gasteiger charge is -2.57. The molecule has 0 spiro atoms. The smallest absolute Gasteiger partial charge is 0.291 e. The van der Waals surface area contributed by atoms with E-state index in [1.165, 1.54) is 5.57 Å². The van der Waals surface area contributed by atoms with Gasteiger partial charge in [-0.3, -0.25) is 4.79 Å². The Kier molecular flexibility index (Phi) is 4.72. The van der Waals surface area contributed by atoms with Crippen LogP contribution in [0, 0.1) is 51.0 Å². The highest BCUT2D eigenvalue weighted by Gasteiger charge is 2.63. The van der Waals surface area contributed by atoms with Gasteiger partial charge in [0.05, 0.1) is 0 Å². The number of hydrogen-bond donors (Lipinski definition) is 2. The molecule has 0 saturated heterocycles. The third kappa shape index (κ3) is 2.89. The predicted octanol–water partition coefficient (Wildman–Crippen LogP) is 3.31. The Hall–Kier alpha value is -2.13. The number of allylic oxidation sites excluding steroid dienone is 4. The SMILES string of the molecule is C#C[C@]1(O)CC[C@H]2[C@@H]3CCC4=CC(=O)C=C[C@]4(C)[C@H]3CC[C@@]21C.O=[N+]([O-])O. The minimum atomic E-state index is -1.50. The highest BCUT2D eigenvalue weighted by molar-refractivity contribution is 6.01. The van der Waals surface area contributed by atoms with Crippen LogP contribution < -0.4 is 0 Å². The van der Waals surface area contributed by atoms with Crippen molar-refractivity contribution in [1.29, 1.82) is 0 Å². The van der Waals surface area contributed by atoms with Crippen LogP contribution in [0.3, 0.4) is 0 Å². The van der Waals surface area contributed by atoms with Crippen molar-refractivity contribution in [1.82, 2.24) is 0 Å². The monoisotopic (exact) mass is 373 g/mol. The van der Waals surface area contributed by atoms with E-state index in [1.807, 2.05) is 6.08 Å². The second-order valence-corrected chi connectivity index (χ2v) is 8.84. The highest BCUT2D eigenvalue weighted by atomic mass is 16.9. The number of carbonyl (C=O) groups is 1. The maximum absolute atomic E-state index is 11.8. The first-order valence-electron chi connectivity index (χ1n) is 9.55. The van der Waals surface area contributed by atoms with Gasteiger partial charge in [-0.2, -0.15) is 0 Å². The number of nitrogens with zero attached hydrogens (tertiary/aromatic N) is 1. The average Bonchev–Trinajstić information content (AvgIpc) is 2.87. The van der Waals surface area contributed by atoms with Gasteiger partial charge in [0, 0.05) is 10.8 Å². The molecule has 0 unspecified atom stereocenters. The zero-order valence-electron chi connectivity index (χ0n) is 15.9. The number of terminal acetylenes is 1. The highest BCUT2D eigenvalue weighted by Crippen LogP contribution is 2.66. The van der Waals surface area contributed by atoms with Crippen LogP contribution in [0.1, 0.15) is 52.4 Å². The van der Waals surface area contributed by atoms with E-state index in [0.717, 1.165) is 38.5 Å². The van der Waals surface area contributed by atoms with E-state index in [1.54, 1.807) is 6.08 Å². The van der Waals surface area contributed by atoms with Crippen LogP contribution in [0.15, 0.2) is 23.8 Å². The summed E-state index contributed by atoms with van der Waals surface area (Å²) < 4.78 is 0. The summed E-state index contributed by atoms with van der Waals surface area (Å²) in [6.07, 6.45) is 17.5. The number of carbonyl (C=O) groups excluding carboxylic acids is 1. The van der Waals surface area contributed by atoms with Gasteiger partial charge < -0.3 is 10.3 Å². The molecule has 4 aliphatic carbocycles. The van der Waals surface area contributed by atoms with Crippen molar-refractivity contribution < 1.29 is 20.2 Å². The summed E-state index contributed by atoms with van der Waals surface area (Å²) in [4.78, 5) is 20.1. The van der Waals surface area contributed by atoms with Gasteiger partial charge in [0.2, 0.25) is 0 Å². The topological polar surface area (TPSA) is 101 Å². The number of aliphatic hydroxyl groups is 1. The zero-order chi connectivity index (χ0) is 20.0. The van der Waals surface area contributed by atoms with E-state index in [2.05, 4.69) is 25.8 Å². The molecule has 27 heavy (non-hydrogen) atoms. The first kappa shape index (κ1) is 19.6. The van der Waals surface area contributed by atoms with Gasteiger partial charge in [-0.25, -0.2) is 0 Å². The van der Waals surface area contributed by atoms with Crippen molar-refractivity contribution in [3.63, 3.8) is 0 Å². The Labute approximate surface area is 159 Å². The van der Waals surface area contributed by atoms with Crippen molar-refractivity contribution >= 4 is 5.78 Å². The normalized spacial score (nSPS) is 44.6. The van der Waals surface area contributed by atoms with Crippen LogP contribution in [-0.2, 0) is 4.79 Å². The van der Waals surface area contributed by atoms with Gasteiger partial charge >= 0.3 is 0 Å². The molecule has 2 N–H and O–H groups in total. The summed E-state index contributed by atoms with van der Waals surface area (Å²) in [6.45, 7) is 4.53. The molecule has 6 heteroatoms. The maximum atomic E-state index is 11.8. The lowest BCUT2D eigenvalue weighted by atomic mass is 9.47. The van der Waals surface area contributed by atoms with Crippen LogP contribution in [0.2, 0.25) is 0 Å². The first-order valence-corrected chi connectivity index (χ1v) is 9.55. The fourth-order valence-electron chi connectivity index (χ4n) is 6.45. The van der Waals surface area contributed by atoms with Crippen molar-refractivity contribution in [3.05, 3.63) is 33.9 Å². The lowest BCUT2D eigenvalue weighted by Crippen LogP contribution is -2.53. The van der Waals surface area contributed by atoms with Gasteiger partial charge in [0.15, 0.2) is 5.78 Å². The Bertz CT molecular complexity index is 761. The Morgan fingerprint density at radius 2 is 1.89 bits per heavy atom. The molecule has 0 aromatic heterocycles. The van der Waals surface area contributed by atoms with Crippen LogP contribution in [0.5, 0.6) is 0 Å². The number of rotatable bonds is 0. The second kappa shape index (κ2) is 6.49. The molecule has 6 atom stereocenters. The lowest BCUT2D eigenvalue weighted by molar-refractivity contribution is -0.742. The number of fused-ring (bicyclic) bond motifs is 5. The van der Waals surface area contributed by atoms with Crippen LogP contribution in [-0.4, -0.2) is 26.8 Å². The van der Waals surface area contributed by atoms with Gasteiger partial charge in [-0.1, -0.05) is 31.4 Å². The molecule has 3 fully saturated rings. The fraction of sp³-hybridized carbons (Fsp3) is 0.667. The Morgan fingerprint density at radius 1 is 1.26 bits per heavy atom. The summed E-state index contributed by atoms with van der Waals surface area (Å²) in [7, 11) is 0. The van der Waals surface area contributed by atoms with E-state index < -0.39 is 10.7 Å². The molecule has 0 bridgehead atoms. The standard InChI is InChI=1S/C21H26O2.HNO3/c1-4-21(23)12-9-18-16-6-5-14-13-15(22)7-10-19(14,2)17(16)8-11-20(18,21)3;2-1(3)4/h1,7,10,13,16-18,23H,5-6,8-9,11-12H2,2-3H3;(H,2,3,4)/t16-,17+,18+,19+,20+,21+;/m1./s1. The van der Waals surface area contributed by atoms with E-state index in [4.69, 9.17) is 21.7 Å². The summed E-state index contributed by atoms with van der Waals surface area (Å²) in [5, 5.41) is 24.6. The van der Waals surface area contributed by atoms with Crippen molar-refractivity contribution in [2.45, 2.75) is 58.0 Å². The van der Waals surface area contributed by atoms with E-state index >= 15 is 0 Å². The largest absolute Gasteiger partial charge is 0.377 e. The zero-order valence-corrected chi connectivity index (χ0v) is 15.9. The molecule has 0 amide bonds. The molecule has 0 aromatic rings. The average molecular weight is 373 g/mol. The third-order valence-corrected chi connectivity index (χ3v) is 7.95. The Morgan fingerprint density at radius 3 is 2.52 bits per heavy atom. The second-order valence-electron chi connectivity index (χ2n) is 8.84. The van der Waals surface area contributed by atoms with Gasteiger partial charge in [0.25, 0.3) is 5.09 Å². The predicted molar refractivity (Wildman–Crippen MR) is 99.2 cm³/mol. The summed E-state index contributed by atoms with van der Waals surface area (Å²) in [6, 6.07) is 0. The van der Waals surface area contributed by atoms with Crippen molar-refractivity contribution in [2.75, 3.05) is 0 Å². The molecular formula is C21H27NO5. The summed E-state index contributed by atoms with van der Waals surface area (Å²) >= 11 is 0. The van der Waals surface area contributed by atoms with Gasteiger partial charge in [0.1, 0.15) is 5.60 Å². The third-order valence-electron chi connectivity index (χ3n) is 7.95. The number of ketones is 1. The summed E-state index contributed by atoms with van der Waals surface area (Å²) in [5.74, 6) is 4.56.